The van der Waals surface area contributed by atoms with Gasteiger partial charge in [-0.2, -0.15) is 0 Å². The molecular weight excluding hydrogens is 338 g/mol. The van der Waals surface area contributed by atoms with E-state index in [0.717, 1.165) is 24.3 Å². The highest BCUT2D eigenvalue weighted by Gasteiger charge is 2.29. The van der Waals surface area contributed by atoms with Crippen molar-refractivity contribution < 1.29 is 28.7 Å². The smallest absolute Gasteiger partial charge is 0.442 e. The Morgan fingerprint density at radius 3 is 2.19 bits per heavy atom. The Bertz CT molecular complexity index is 503. The summed E-state index contributed by atoms with van der Waals surface area (Å²) in [6, 6.07) is 0. The molecule has 0 heterocycles. The van der Waals surface area contributed by atoms with Crippen molar-refractivity contribution in [2.75, 3.05) is 6.54 Å². The molecule has 0 radical (unpaired) electrons. The second-order valence-electron chi connectivity index (χ2n) is 8.69. The number of rotatable bonds is 4. The summed E-state index contributed by atoms with van der Waals surface area (Å²) in [7, 11) is 0. The average Bonchev–Trinajstić information content (AvgIpc) is 2.44. The molecule has 0 bridgehead atoms. The van der Waals surface area contributed by atoms with Gasteiger partial charge >= 0.3 is 12.2 Å². The minimum Gasteiger partial charge on any atom is -0.442 e. The molecule has 1 fully saturated rings. The number of nitrogens with zero attached hydrogens (tertiary/aromatic N) is 1. The molecule has 7 heteroatoms. The van der Waals surface area contributed by atoms with Crippen molar-refractivity contribution in [3.63, 3.8) is 0 Å². The lowest BCUT2D eigenvalue weighted by molar-refractivity contribution is -0.137. The highest BCUT2D eigenvalue weighted by Crippen LogP contribution is 2.25. The number of amides is 1. The molecule has 1 saturated carbocycles. The fourth-order valence-corrected chi connectivity index (χ4v) is 2.69. The molecule has 1 amide bonds. The maximum atomic E-state index is 12.3. The third kappa shape index (κ3) is 9.06. The molecule has 7 nitrogen and oxygen atoms in total. The van der Waals surface area contributed by atoms with E-state index in [1.807, 2.05) is 0 Å². The van der Waals surface area contributed by atoms with Gasteiger partial charge in [-0.3, -0.25) is 4.79 Å². The van der Waals surface area contributed by atoms with Crippen LogP contribution in [0.5, 0.6) is 0 Å². The molecule has 1 atom stereocenters. The van der Waals surface area contributed by atoms with Gasteiger partial charge in [-0.1, -0.05) is 6.42 Å². The quantitative estimate of drug-likeness (QED) is 0.529. The van der Waals surface area contributed by atoms with E-state index < -0.39 is 23.5 Å². The van der Waals surface area contributed by atoms with Crippen LogP contribution in [0.4, 0.5) is 9.59 Å². The van der Waals surface area contributed by atoms with Crippen LogP contribution in [0.15, 0.2) is 0 Å². The Kier molecular flexibility index (Phi) is 7.90. The molecule has 0 saturated heterocycles. The predicted molar refractivity (Wildman–Crippen MR) is 96.5 cm³/mol. The average molecular weight is 371 g/mol. The zero-order chi connectivity index (χ0) is 20.0. The molecule has 0 N–H and O–H groups in total. The molecule has 1 unspecified atom stereocenters. The minimum atomic E-state index is -0.961. The summed E-state index contributed by atoms with van der Waals surface area (Å²) in [5.74, 6) is 0.318. The maximum Gasteiger partial charge on any atom is 0.534 e. The lowest BCUT2D eigenvalue weighted by Gasteiger charge is -2.27. The van der Waals surface area contributed by atoms with Crippen LogP contribution in [0.25, 0.3) is 0 Å². The van der Waals surface area contributed by atoms with Crippen LogP contribution in [0, 0.1) is 5.92 Å². The van der Waals surface area contributed by atoms with Crippen molar-refractivity contribution in [3.05, 3.63) is 0 Å². The van der Waals surface area contributed by atoms with Crippen LogP contribution < -0.4 is 0 Å². The third-order valence-corrected chi connectivity index (χ3v) is 3.77. The van der Waals surface area contributed by atoms with E-state index in [4.69, 9.17) is 14.3 Å². The van der Waals surface area contributed by atoms with E-state index in [0.29, 0.717) is 19.3 Å². The monoisotopic (exact) mass is 371 g/mol. The number of hydrogen-bond acceptors (Lipinski definition) is 6. The molecular formula is C19H33NO6. The molecule has 0 spiro atoms. The Labute approximate surface area is 156 Å². The summed E-state index contributed by atoms with van der Waals surface area (Å²) in [5, 5.41) is 0.882. The molecule has 1 aliphatic rings. The number of carbonyl (C=O) groups is 3. The van der Waals surface area contributed by atoms with Crippen LogP contribution in [-0.4, -0.2) is 40.8 Å². The third-order valence-electron chi connectivity index (χ3n) is 3.77. The van der Waals surface area contributed by atoms with Gasteiger partial charge in [0.1, 0.15) is 17.0 Å². The van der Waals surface area contributed by atoms with Gasteiger partial charge in [0.05, 0.1) is 6.54 Å². The summed E-state index contributed by atoms with van der Waals surface area (Å²) in [4.78, 5) is 41.2. The second-order valence-corrected chi connectivity index (χ2v) is 8.69. The molecule has 1 aliphatic carbocycles. The normalized spacial score (nSPS) is 18.2. The number of hydroxylamine groups is 2. The topological polar surface area (TPSA) is 82.1 Å². The van der Waals surface area contributed by atoms with Crippen LogP contribution in [0.2, 0.25) is 0 Å². The number of ether oxygens (including phenoxy) is 2. The van der Waals surface area contributed by atoms with Crippen molar-refractivity contribution in [2.45, 2.75) is 91.3 Å². The van der Waals surface area contributed by atoms with Crippen molar-refractivity contribution in [3.8, 4) is 0 Å². The maximum absolute atomic E-state index is 12.3. The fourth-order valence-electron chi connectivity index (χ4n) is 2.69. The molecule has 150 valence electrons. The van der Waals surface area contributed by atoms with E-state index in [1.54, 1.807) is 41.5 Å². The molecule has 0 aromatic carbocycles. The van der Waals surface area contributed by atoms with Crippen LogP contribution in [-0.2, 0) is 19.1 Å². The molecule has 0 aliphatic heterocycles. The minimum absolute atomic E-state index is 0.0331. The van der Waals surface area contributed by atoms with Gasteiger partial charge in [-0.25, -0.2) is 9.59 Å². The molecule has 26 heavy (non-hydrogen) atoms. The zero-order valence-corrected chi connectivity index (χ0v) is 16.9. The standard InChI is InChI=1S/C19H33NO6/c1-18(2,3)24-16(22)20(26-17(23)25-19(4,5)6)13-9-11-14-10-7-8-12-15(14)21/h14H,7-13H2,1-6H3. The summed E-state index contributed by atoms with van der Waals surface area (Å²) in [6.45, 7) is 10.5. The summed E-state index contributed by atoms with van der Waals surface area (Å²) < 4.78 is 10.4. The van der Waals surface area contributed by atoms with Gasteiger partial charge in [0.15, 0.2) is 0 Å². The summed E-state index contributed by atoms with van der Waals surface area (Å²) in [5.41, 5.74) is -1.45. The van der Waals surface area contributed by atoms with Crippen molar-refractivity contribution in [2.24, 2.45) is 5.92 Å². The number of carbonyl (C=O) groups excluding carboxylic acids is 3. The first-order valence-corrected chi connectivity index (χ1v) is 9.31. The van der Waals surface area contributed by atoms with E-state index in [1.165, 1.54) is 0 Å². The van der Waals surface area contributed by atoms with Crippen LogP contribution in [0.1, 0.15) is 80.1 Å². The highest BCUT2D eigenvalue weighted by molar-refractivity contribution is 5.81. The Morgan fingerprint density at radius 2 is 1.65 bits per heavy atom. The first-order chi connectivity index (χ1) is 11.9. The SMILES string of the molecule is CC(C)(C)OC(=O)ON(CCCC1CCCCC1=O)C(=O)OC(C)(C)C. The largest absolute Gasteiger partial charge is 0.534 e. The highest BCUT2D eigenvalue weighted by atomic mass is 16.8. The predicted octanol–water partition coefficient (Wildman–Crippen LogP) is 4.63. The van der Waals surface area contributed by atoms with Gasteiger partial charge in [-0.15, -0.1) is 5.06 Å². The number of ketones is 1. The number of hydrogen-bond donors (Lipinski definition) is 0. The molecule has 0 aromatic rings. The van der Waals surface area contributed by atoms with Crippen molar-refractivity contribution in [1.82, 2.24) is 5.06 Å². The van der Waals surface area contributed by atoms with Gasteiger partial charge < -0.3 is 14.3 Å². The van der Waals surface area contributed by atoms with E-state index in [9.17, 15) is 14.4 Å². The van der Waals surface area contributed by atoms with Gasteiger partial charge in [-0.05, 0) is 67.2 Å². The van der Waals surface area contributed by atoms with E-state index in [2.05, 4.69) is 0 Å². The fraction of sp³-hybridized carbons (Fsp3) is 0.842. The summed E-state index contributed by atoms with van der Waals surface area (Å²) in [6.07, 6.45) is 3.03. The van der Waals surface area contributed by atoms with E-state index >= 15 is 0 Å². The van der Waals surface area contributed by atoms with Crippen molar-refractivity contribution in [1.29, 1.82) is 0 Å². The number of Topliss-reactive ketones (excluding diaryl/α,β-unsaturated/α-hetero) is 1. The van der Waals surface area contributed by atoms with Gasteiger partial charge in [0.25, 0.3) is 0 Å². The first kappa shape index (κ1) is 22.3. The zero-order valence-electron chi connectivity index (χ0n) is 16.9. The Hall–Kier alpha value is -1.79. The summed E-state index contributed by atoms with van der Waals surface area (Å²) >= 11 is 0. The Balaban J connectivity index is 2.63. The van der Waals surface area contributed by atoms with Gasteiger partial charge in [0, 0.05) is 12.3 Å². The Morgan fingerprint density at radius 1 is 1.04 bits per heavy atom. The molecule has 1 rings (SSSR count). The van der Waals surface area contributed by atoms with Crippen LogP contribution in [0.3, 0.4) is 0 Å². The lowest BCUT2D eigenvalue weighted by Crippen LogP contribution is -2.40. The second kappa shape index (κ2) is 9.24. The lowest BCUT2D eigenvalue weighted by atomic mass is 9.85. The first-order valence-electron chi connectivity index (χ1n) is 9.31. The van der Waals surface area contributed by atoms with Gasteiger partial charge in [0.2, 0.25) is 0 Å². The molecule has 0 aromatic heterocycles. The van der Waals surface area contributed by atoms with E-state index in [-0.39, 0.29) is 18.2 Å². The van der Waals surface area contributed by atoms with Crippen LogP contribution >= 0.6 is 0 Å². The van der Waals surface area contributed by atoms with Crippen molar-refractivity contribution >= 4 is 18.0 Å².